The number of aliphatic hydroxyl groups is 2. The van der Waals surface area contributed by atoms with Gasteiger partial charge in [0.25, 0.3) is 0 Å². The van der Waals surface area contributed by atoms with Gasteiger partial charge in [-0.1, -0.05) is 19.1 Å². The summed E-state index contributed by atoms with van der Waals surface area (Å²) < 4.78 is 25.5. The third-order valence-electron chi connectivity index (χ3n) is 4.62. The highest BCUT2D eigenvalue weighted by atomic mass is 32.1. The summed E-state index contributed by atoms with van der Waals surface area (Å²) in [6.45, 7) is 5.57. The first kappa shape index (κ1) is 20.4. The van der Waals surface area contributed by atoms with Crippen molar-refractivity contribution >= 4 is 31.4 Å². The summed E-state index contributed by atoms with van der Waals surface area (Å²) in [6, 6.07) is 0. The molecule has 0 bridgehead atoms. The number of H-pyrrole nitrogens is 1. The third-order valence-corrected chi connectivity index (χ3v) is 6.26. The maximum atomic E-state index is 12.0. The molecule has 1 aliphatic heterocycles. The molecule has 1 aliphatic rings. The molecular formula is C16H24N4O5PS+. The smallest absolute Gasteiger partial charge is 0.388 e. The average Bonchev–Trinajstić information content (AvgIpc) is 3.18. The van der Waals surface area contributed by atoms with Gasteiger partial charge in [-0.3, -0.25) is 4.57 Å². The largest absolute Gasteiger partial charge is 0.510 e. The van der Waals surface area contributed by atoms with E-state index in [-0.39, 0.29) is 11.8 Å². The lowest BCUT2D eigenvalue weighted by atomic mass is 10.0. The van der Waals surface area contributed by atoms with Crippen molar-refractivity contribution in [3.8, 4) is 0 Å². The van der Waals surface area contributed by atoms with Gasteiger partial charge >= 0.3 is 8.03 Å². The minimum atomic E-state index is -1.79. The van der Waals surface area contributed by atoms with Crippen molar-refractivity contribution in [1.82, 2.24) is 19.5 Å². The van der Waals surface area contributed by atoms with Crippen LogP contribution in [0.3, 0.4) is 0 Å². The van der Waals surface area contributed by atoms with Crippen molar-refractivity contribution < 1.29 is 24.0 Å². The lowest BCUT2D eigenvalue weighted by Gasteiger charge is -2.18. The number of aromatic amines is 1. The van der Waals surface area contributed by atoms with Crippen LogP contribution in [0.15, 0.2) is 12.7 Å². The molecule has 2 aromatic heterocycles. The quantitative estimate of drug-likeness (QED) is 0.466. The molecule has 3 N–H and O–H groups in total. The Hall–Kier alpha value is -1.29. The molecule has 0 aromatic carbocycles. The SMILES string of the molecule is CCC(C[C@H]1OC(n2cnc3c(=S)nc[nH]c32)[C@H](O)C1O)O[P+](=O)C(C)C. The van der Waals surface area contributed by atoms with Gasteiger partial charge in [-0.05, 0) is 24.8 Å². The van der Waals surface area contributed by atoms with E-state index in [1.165, 1.54) is 12.7 Å². The van der Waals surface area contributed by atoms with Crippen LogP contribution in [0.25, 0.3) is 11.2 Å². The van der Waals surface area contributed by atoms with Crippen LogP contribution in [0.1, 0.15) is 39.8 Å². The van der Waals surface area contributed by atoms with E-state index in [0.717, 1.165) is 0 Å². The number of imidazole rings is 1. The van der Waals surface area contributed by atoms with E-state index in [1.54, 1.807) is 4.57 Å². The second-order valence-corrected chi connectivity index (χ2v) is 9.05. The number of rotatable bonds is 7. The first-order chi connectivity index (χ1) is 12.8. The summed E-state index contributed by atoms with van der Waals surface area (Å²) in [5.74, 6) is 0. The molecule has 1 fully saturated rings. The summed E-state index contributed by atoms with van der Waals surface area (Å²) >= 11 is 5.15. The fraction of sp³-hybridized carbons (Fsp3) is 0.688. The molecule has 3 heterocycles. The maximum absolute atomic E-state index is 12.0. The van der Waals surface area contributed by atoms with Gasteiger partial charge in [0.2, 0.25) is 0 Å². The van der Waals surface area contributed by atoms with Gasteiger partial charge in [0, 0.05) is 6.42 Å². The molecule has 6 atom stereocenters. The van der Waals surface area contributed by atoms with Crippen LogP contribution in [-0.2, 0) is 13.8 Å². The van der Waals surface area contributed by atoms with E-state index >= 15 is 0 Å². The van der Waals surface area contributed by atoms with Crippen molar-refractivity contribution in [2.45, 2.75) is 69.9 Å². The standard InChI is InChI=1S/C16H23N4O5PS/c1-4-9(25-26(23)8(2)3)5-10-12(21)13(22)16(24-10)20-7-19-11-14(20)17-6-18-15(11)27/h6-10,12-13,16,21-22H,4-5H2,1-3H3/p+1/t9?,10-,12?,13-,16?/m1/s1. The maximum Gasteiger partial charge on any atom is 0.510 e. The molecule has 0 aliphatic carbocycles. The Balaban J connectivity index is 1.78. The Morgan fingerprint density at radius 3 is 2.81 bits per heavy atom. The normalized spacial score (nSPS) is 27.4. The predicted molar refractivity (Wildman–Crippen MR) is 101 cm³/mol. The lowest BCUT2D eigenvalue weighted by molar-refractivity contribution is -0.0463. The van der Waals surface area contributed by atoms with E-state index in [2.05, 4.69) is 15.0 Å². The minimum Gasteiger partial charge on any atom is -0.388 e. The number of hydrogen-bond donors (Lipinski definition) is 3. The number of aromatic nitrogens is 4. The average molecular weight is 415 g/mol. The van der Waals surface area contributed by atoms with Gasteiger partial charge in [-0.25, -0.2) is 9.97 Å². The van der Waals surface area contributed by atoms with Crippen molar-refractivity contribution in [2.75, 3.05) is 0 Å². The van der Waals surface area contributed by atoms with Crippen molar-refractivity contribution in [2.24, 2.45) is 0 Å². The Bertz CT molecular complexity index is 872. The number of hydrogen-bond acceptors (Lipinski definition) is 8. The van der Waals surface area contributed by atoms with Crippen LogP contribution in [0.4, 0.5) is 0 Å². The van der Waals surface area contributed by atoms with E-state index in [9.17, 15) is 14.8 Å². The Kier molecular flexibility index (Phi) is 6.35. The molecule has 9 nitrogen and oxygen atoms in total. The van der Waals surface area contributed by atoms with Gasteiger partial charge < -0.3 is 19.9 Å². The van der Waals surface area contributed by atoms with Gasteiger partial charge in [0.15, 0.2) is 16.5 Å². The van der Waals surface area contributed by atoms with Crippen LogP contribution in [0.5, 0.6) is 0 Å². The summed E-state index contributed by atoms with van der Waals surface area (Å²) in [7, 11) is -1.79. The highest BCUT2D eigenvalue weighted by Crippen LogP contribution is 2.37. The summed E-state index contributed by atoms with van der Waals surface area (Å²) in [4.78, 5) is 11.1. The van der Waals surface area contributed by atoms with Gasteiger partial charge in [0.05, 0.1) is 18.8 Å². The Morgan fingerprint density at radius 2 is 2.15 bits per heavy atom. The number of ether oxygens (including phenoxy) is 1. The zero-order valence-corrected chi connectivity index (χ0v) is 17.1. The zero-order chi connectivity index (χ0) is 19.7. The lowest BCUT2D eigenvalue weighted by Crippen LogP contribution is -2.33. The van der Waals surface area contributed by atoms with Crippen molar-refractivity contribution in [1.29, 1.82) is 0 Å². The molecule has 2 aromatic rings. The highest BCUT2D eigenvalue weighted by Gasteiger charge is 2.45. The Labute approximate surface area is 162 Å². The molecule has 0 saturated carbocycles. The van der Waals surface area contributed by atoms with Crippen molar-refractivity contribution in [3.05, 3.63) is 17.3 Å². The molecule has 27 heavy (non-hydrogen) atoms. The number of nitrogens with one attached hydrogen (secondary N) is 1. The van der Waals surface area contributed by atoms with Crippen LogP contribution in [-0.4, -0.2) is 59.8 Å². The van der Waals surface area contributed by atoms with E-state index in [0.29, 0.717) is 28.6 Å². The van der Waals surface area contributed by atoms with Crippen LogP contribution >= 0.6 is 20.2 Å². The fourth-order valence-electron chi connectivity index (χ4n) is 3.03. The predicted octanol–water partition coefficient (Wildman–Crippen LogP) is 2.44. The molecular weight excluding hydrogens is 391 g/mol. The van der Waals surface area contributed by atoms with E-state index < -0.39 is 32.6 Å². The second kappa shape index (κ2) is 8.38. The molecule has 0 radical (unpaired) electrons. The fourth-order valence-corrected chi connectivity index (χ4v) is 4.01. The summed E-state index contributed by atoms with van der Waals surface area (Å²) in [6.07, 6.45) is -0.210. The topological polar surface area (TPSA) is 122 Å². The van der Waals surface area contributed by atoms with Crippen molar-refractivity contribution in [3.63, 3.8) is 0 Å². The molecule has 0 spiro atoms. The van der Waals surface area contributed by atoms with Gasteiger partial charge in [-0.2, -0.15) is 0 Å². The number of fused-ring (bicyclic) bond motifs is 1. The molecule has 11 heteroatoms. The number of nitrogens with zero attached hydrogens (tertiary/aromatic N) is 3. The van der Waals surface area contributed by atoms with E-state index in [4.69, 9.17) is 21.5 Å². The van der Waals surface area contributed by atoms with Crippen LogP contribution < -0.4 is 0 Å². The monoisotopic (exact) mass is 415 g/mol. The molecule has 1 saturated heterocycles. The number of aliphatic hydroxyl groups excluding tert-OH is 2. The molecule has 3 rings (SSSR count). The van der Waals surface area contributed by atoms with Gasteiger partial charge in [0.1, 0.15) is 29.5 Å². The second-order valence-electron chi connectivity index (χ2n) is 6.85. The molecule has 4 unspecified atom stereocenters. The zero-order valence-electron chi connectivity index (χ0n) is 15.3. The minimum absolute atomic E-state index is 0.0872. The highest BCUT2D eigenvalue weighted by molar-refractivity contribution is 7.71. The third kappa shape index (κ3) is 4.11. The summed E-state index contributed by atoms with van der Waals surface area (Å²) in [5.41, 5.74) is 0.957. The first-order valence-corrected chi connectivity index (χ1v) is 10.5. The molecule has 148 valence electrons. The Morgan fingerprint density at radius 1 is 1.41 bits per heavy atom. The van der Waals surface area contributed by atoms with E-state index in [1.807, 2.05) is 20.8 Å². The van der Waals surface area contributed by atoms with Gasteiger partial charge in [-0.15, -0.1) is 4.52 Å². The first-order valence-electron chi connectivity index (χ1n) is 8.88. The van der Waals surface area contributed by atoms with Crippen LogP contribution in [0.2, 0.25) is 0 Å². The summed E-state index contributed by atoms with van der Waals surface area (Å²) in [5, 5.41) is 21.0. The van der Waals surface area contributed by atoms with Crippen LogP contribution in [0, 0.1) is 4.64 Å². The molecule has 0 amide bonds.